The van der Waals surface area contributed by atoms with Crippen LogP contribution in [0.2, 0.25) is 0 Å². The number of ether oxygens (including phenoxy) is 2. The highest BCUT2D eigenvalue weighted by atomic mass is 19.4. The minimum Gasteiger partial charge on any atom is -0.454 e. The van der Waals surface area contributed by atoms with Crippen molar-refractivity contribution in [1.82, 2.24) is 4.90 Å². The molecule has 3 aromatic carbocycles. The molecule has 1 aliphatic heterocycles. The fraction of sp³-hybridized carbons (Fsp3) is 0.200. The average molecular weight is 665 g/mol. The van der Waals surface area contributed by atoms with E-state index < -0.39 is 78.3 Å². The predicted octanol–water partition coefficient (Wildman–Crippen LogP) is 4.69. The molecule has 0 spiro atoms. The van der Waals surface area contributed by atoms with Crippen LogP contribution in [0.5, 0.6) is 0 Å². The number of esters is 2. The molecule has 0 saturated heterocycles. The van der Waals surface area contributed by atoms with E-state index >= 15 is 0 Å². The van der Waals surface area contributed by atoms with Crippen molar-refractivity contribution in [2.75, 3.05) is 23.8 Å². The highest BCUT2D eigenvalue weighted by Crippen LogP contribution is 2.32. The van der Waals surface area contributed by atoms with Crippen molar-refractivity contribution >= 4 is 46.9 Å². The molecule has 0 fully saturated rings. The Morgan fingerprint density at radius 3 is 1.70 bits per heavy atom. The second-order valence-corrected chi connectivity index (χ2v) is 9.85. The molecule has 4 rings (SSSR count). The van der Waals surface area contributed by atoms with E-state index in [4.69, 9.17) is 9.47 Å². The number of benzene rings is 3. The van der Waals surface area contributed by atoms with Crippen LogP contribution in [0.25, 0.3) is 0 Å². The predicted molar refractivity (Wildman–Crippen MR) is 148 cm³/mol. The van der Waals surface area contributed by atoms with Crippen molar-refractivity contribution in [3.63, 3.8) is 0 Å². The van der Waals surface area contributed by atoms with Crippen LogP contribution < -0.4 is 10.6 Å². The molecule has 0 bridgehead atoms. The maximum Gasteiger partial charge on any atom is 0.416 e. The zero-order valence-corrected chi connectivity index (χ0v) is 23.8. The summed E-state index contributed by atoms with van der Waals surface area (Å²) in [5, 5.41) is 4.28. The Bertz CT molecular complexity index is 1770. The number of amides is 4. The topological polar surface area (TPSA) is 148 Å². The summed E-state index contributed by atoms with van der Waals surface area (Å²) in [4.78, 5) is 75.8. The van der Waals surface area contributed by atoms with E-state index in [0.717, 1.165) is 49.4 Å². The lowest BCUT2D eigenvalue weighted by Gasteiger charge is -2.20. The third-order valence-electron chi connectivity index (χ3n) is 6.51. The molecule has 1 heterocycles. The van der Waals surface area contributed by atoms with Gasteiger partial charge >= 0.3 is 24.3 Å². The van der Waals surface area contributed by atoms with Gasteiger partial charge in [0.05, 0.1) is 27.8 Å². The molecule has 3 aromatic rings. The number of rotatable bonds is 9. The number of nitrogens with one attached hydrogen (secondary N) is 2. The number of carbonyl (C=O) groups is 6. The minimum atomic E-state index is -4.66. The minimum absolute atomic E-state index is 0.198. The van der Waals surface area contributed by atoms with E-state index in [0.29, 0.717) is 17.0 Å². The molecular formula is C30H21F6N3O8. The van der Waals surface area contributed by atoms with Gasteiger partial charge in [-0.2, -0.15) is 26.3 Å². The lowest BCUT2D eigenvalue weighted by Crippen LogP contribution is -2.44. The summed E-state index contributed by atoms with van der Waals surface area (Å²) in [7, 11) is 0. The van der Waals surface area contributed by atoms with Crippen LogP contribution in [0.4, 0.5) is 37.7 Å². The van der Waals surface area contributed by atoms with Gasteiger partial charge in [0.1, 0.15) is 6.04 Å². The average Bonchev–Trinajstić information content (AvgIpc) is 3.26. The quantitative estimate of drug-likeness (QED) is 0.190. The summed E-state index contributed by atoms with van der Waals surface area (Å²) >= 11 is 0. The standard InChI is InChI=1S/C30H21F6N3O8/c1-15(27(44)46-13-23(40)37-19-6-2-4-17(11-19)29(31,32)33)39-25(42)21-9-8-16(10-22(21)26(39)43)28(45)47-14-24(41)38-20-7-3-5-18(12-20)30(34,35)36/h2-12,15H,13-14H2,1H3,(H,37,40)(H,38,41). The number of alkyl halides is 6. The normalized spacial score (nSPS) is 13.5. The van der Waals surface area contributed by atoms with E-state index in [1.165, 1.54) is 12.1 Å². The first-order valence-corrected chi connectivity index (χ1v) is 13.3. The number of anilines is 2. The molecule has 246 valence electrons. The fourth-order valence-electron chi connectivity index (χ4n) is 4.26. The van der Waals surface area contributed by atoms with Crippen LogP contribution in [-0.2, 0) is 36.2 Å². The van der Waals surface area contributed by atoms with Gasteiger partial charge in [0, 0.05) is 11.4 Å². The van der Waals surface area contributed by atoms with E-state index in [1.807, 2.05) is 0 Å². The molecule has 1 aliphatic rings. The molecule has 0 aromatic heterocycles. The highest BCUT2D eigenvalue weighted by Gasteiger charge is 2.42. The molecule has 1 atom stereocenters. The van der Waals surface area contributed by atoms with Crippen LogP contribution in [0.15, 0.2) is 66.7 Å². The second kappa shape index (κ2) is 13.3. The zero-order valence-electron chi connectivity index (χ0n) is 23.8. The Balaban J connectivity index is 1.33. The Morgan fingerprint density at radius 2 is 1.19 bits per heavy atom. The van der Waals surface area contributed by atoms with Crippen molar-refractivity contribution in [2.45, 2.75) is 25.3 Å². The Morgan fingerprint density at radius 1 is 0.702 bits per heavy atom. The van der Waals surface area contributed by atoms with Crippen molar-refractivity contribution in [1.29, 1.82) is 0 Å². The molecule has 2 N–H and O–H groups in total. The van der Waals surface area contributed by atoms with Crippen LogP contribution in [0.3, 0.4) is 0 Å². The van der Waals surface area contributed by atoms with Gasteiger partial charge < -0.3 is 20.1 Å². The second-order valence-electron chi connectivity index (χ2n) is 9.85. The number of imide groups is 1. The number of carbonyl (C=O) groups excluding carboxylic acids is 6. The summed E-state index contributed by atoms with van der Waals surface area (Å²) < 4.78 is 87.0. The molecule has 0 radical (unpaired) electrons. The molecular weight excluding hydrogens is 644 g/mol. The number of hydrogen-bond acceptors (Lipinski definition) is 8. The maximum absolute atomic E-state index is 13.0. The first kappa shape index (κ1) is 34.1. The molecule has 11 nitrogen and oxygen atoms in total. The van der Waals surface area contributed by atoms with E-state index in [1.54, 1.807) is 0 Å². The van der Waals surface area contributed by atoms with Crippen molar-refractivity contribution in [3.05, 3.63) is 94.5 Å². The molecule has 47 heavy (non-hydrogen) atoms. The van der Waals surface area contributed by atoms with Gasteiger partial charge in [-0.05, 0) is 61.5 Å². The van der Waals surface area contributed by atoms with Crippen LogP contribution in [-0.4, -0.2) is 59.7 Å². The first-order chi connectivity index (χ1) is 22.0. The fourth-order valence-corrected chi connectivity index (χ4v) is 4.26. The van der Waals surface area contributed by atoms with Crippen LogP contribution in [0.1, 0.15) is 49.1 Å². The Hall–Kier alpha value is -5.74. The number of nitrogens with zero attached hydrogens (tertiary/aromatic N) is 1. The molecule has 0 saturated carbocycles. The van der Waals surface area contributed by atoms with Gasteiger partial charge in [0.2, 0.25) is 0 Å². The van der Waals surface area contributed by atoms with Crippen molar-refractivity contribution < 1.29 is 64.6 Å². The van der Waals surface area contributed by atoms with Crippen molar-refractivity contribution in [3.8, 4) is 0 Å². The summed E-state index contributed by atoms with van der Waals surface area (Å²) in [5.74, 6) is -6.25. The van der Waals surface area contributed by atoms with E-state index in [-0.39, 0.29) is 28.1 Å². The molecule has 1 unspecified atom stereocenters. The number of fused-ring (bicyclic) bond motifs is 1. The van der Waals surface area contributed by atoms with Gasteiger partial charge in [-0.15, -0.1) is 0 Å². The highest BCUT2D eigenvalue weighted by molar-refractivity contribution is 6.23. The number of hydrogen-bond donors (Lipinski definition) is 2. The first-order valence-electron chi connectivity index (χ1n) is 13.3. The monoisotopic (exact) mass is 665 g/mol. The van der Waals surface area contributed by atoms with Crippen molar-refractivity contribution in [2.24, 2.45) is 0 Å². The molecule has 4 amide bonds. The van der Waals surface area contributed by atoms with Gasteiger partial charge in [-0.3, -0.25) is 24.1 Å². The zero-order chi connectivity index (χ0) is 34.7. The third kappa shape index (κ3) is 8.11. The maximum atomic E-state index is 13.0. The van der Waals surface area contributed by atoms with Gasteiger partial charge in [-0.1, -0.05) is 12.1 Å². The molecule has 0 aliphatic carbocycles. The summed E-state index contributed by atoms with van der Waals surface area (Å²) in [6.45, 7) is -0.748. The summed E-state index contributed by atoms with van der Waals surface area (Å²) in [5.41, 5.74) is -3.24. The lowest BCUT2D eigenvalue weighted by molar-refractivity contribution is -0.150. The Labute approximate surface area is 260 Å². The number of halogens is 6. The lowest BCUT2D eigenvalue weighted by atomic mass is 10.1. The van der Waals surface area contributed by atoms with Gasteiger partial charge in [-0.25, -0.2) is 9.59 Å². The smallest absolute Gasteiger partial charge is 0.416 e. The largest absolute Gasteiger partial charge is 0.454 e. The summed E-state index contributed by atoms with van der Waals surface area (Å²) in [6, 6.07) is 9.03. The van der Waals surface area contributed by atoms with Gasteiger partial charge in [0.25, 0.3) is 23.6 Å². The van der Waals surface area contributed by atoms with Crippen LogP contribution in [0, 0.1) is 0 Å². The van der Waals surface area contributed by atoms with Crippen LogP contribution >= 0.6 is 0 Å². The van der Waals surface area contributed by atoms with E-state index in [2.05, 4.69) is 10.6 Å². The Kier molecular flexibility index (Phi) is 9.67. The molecule has 17 heteroatoms. The summed E-state index contributed by atoms with van der Waals surface area (Å²) in [6.07, 6.45) is -9.31. The van der Waals surface area contributed by atoms with Gasteiger partial charge in [0.15, 0.2) is 13.2 Å². The third-order valence-corrected chi connectivity index (χ3v) is 6.51. The SMILES string of the molecule is CC(C(=O)OCC(=O)Nc1cccc(C(F)(F)F)c1)N1C(=O)c2ccc(C(=O)OCC(=O)Nc3cccc(C(F)(F)F)c3)cc2C1=O. The van der Waals surface area contributed by atoms with E-state index in [9.17, 15) is 55.1 Å².